The SMILES string of the molecule is O=C(Nc1cc(Cl)ccc1Oc1ccccc1)C1CCN(c2ccc3nnnn3n2)CC1. The van der Waals surface area contributed by atoms with Gasteiger partial charge in [0.05, 0.1) is 5.69 Å². The molecule has 3 heterocycles. The number of fused-ring (bicyclic) bond motifs is 1. The maximum Gasteiger partial charge on any atom is 0.227 e. The lowest BCUT2D eigenvalue weighted by Gasteiger charge is -2.32. The molecule has 1 fully saturated rings. The third-order valence-corrected chi connectivity index (χ3v) is 5.65. The highest BCUT2D eigenvalue weighted by molar-refractivity contribution is 6.31. The van der Waals surface area contributed by atoms with Crippen LogP contribution in [0.1, 0.15) is 12.8 Å². The normalized spacial score (nSPS) is 14.5. The number of carbonyl (C=O) groups excluding carboxylic acids is 1. The fourth-order valence-corrected chi connectivity index (χ4v) is 3.89. The van der Waals surface area contributed by atoms with Gasteiger partial charge < -0.3 is 15.0 Å². The molecule has 9 nitrogen and oxygen atoms in total. The highest BCUT2D eigenvalue weighted by Crippen LogP contribution is 2.33. The largest absolute Gasteiger partial charge is 0.455 e. The maximum atomic E-state index is 13.0. The Morgan fingerprint density at radius 1 is 1.06 bits per heavy atom. The molecule has 1 aliphatic heterocycles. The van der Waals surface area contributed by atoms with E-state index in [1.54, 1.807) is 18.2 Å². The molecule has 1 saturated heterocycles. The van der Waals surface area contributed by atoms with Crippen LogP contribution in [0.15, 0.2) is 60.7 Å². The van der Waals surface area contributed by atoms with Gasteiger partial charge in [0.15, 0.2) is 17.2 Å². The molecule has 0 aliphatic carbocycles. The first-order chi connectivity index (χ1) is 15.7. The van der Waals surface area contributed by atoms with Crippen LogP contribution in [-0.4, -0.2) is 44.3 Å². The molecule has 0 radical (unpaired) electrons. The van der Waals surface area contributed by atoms with Crippen molar-refractivity contribution in [2.45, 2.75) is 12.8 Å². The topological polar surface area (TPSA) is 97.5 Å². The predicted molar refractivity (Wildman–Crippen MR) is 120 cm³/mol. The number of hydrogen-bond acceptors (Lipinski definition) is 7. The summed E-state index contributed by atoms with van der Waals surface area (Å²) in [6, 6.07) is 18.3. The summed E-state index contributed by atoms with van der Waals surface area (Å²) in [6.07, 6.45) is 1.41. The van der Waals surface area contributed by atoms with Crippen LogP contribution in [0.5, 0.6) is 11.5 Å². The Labute approximate surface area is 188 Å². The lowest BCUT2D eigenvalue weighted by Crippen LogP contribution is -2.38. The second-order valence-electron chi connectivity index (χ2n) is 7.52. The van der Waals surface area contributed by atoms with Crippen molar-refractivity contribution in [2.75, 3.05) is 23.3 Å². The van der Waals surface area contributed by atoms with E-state index in [1.165, 1.54) is 4.63 Å². The molecule has 1 N–H and O–H groups in total. The summed E-state index contributed by atoms with van der Waals surface area (Å²) in [5.74, 6) is 1.85. The average molecular weight is 450 g/mol. The molecule has 1 aliphatic rings. The fourth-order valence-electron chi connectivity index (χ4n) is 3.72. The van der Waals surface area contributed by atoms with Crippen LogP contribution in [0, 0.1) is 5.92 Å². The van der Waals surface area contributed by atoms with E-state index in [2.05, 4.69) is 30.8 Å². The number of rotatable bonds is 5. The minimum absolute atomic E-state index is 0.0475. The maximum absolute atomic E-state index is 13.0. The molecule has 0 unspecified atom stereocenters. The number of aromatic nitrogens is 5. The Kier molecular flexibility index (Phi) is 5.55. The van der Waals surface area contributed by atoms with Crippen LogP contribution in [0.3, 0.4) is 0 Å². The molecule has 10 heteroatoms. The number of benzene rings is 2. The number of anilines is 2. The molecule has 0 atom stereocenters. The third-order valence-electron chi connectivity index (χ3n) is 5.42. The first kappa shape index (κ1) is 20.2. The quantitative estimate of drug-likeness (QED) is 0.494. The summed E-state index contributed by atoms with van der Waals surface area (Å²) in [7, 11) is 0. The second-order valence-corrected chi connectivity index (χ2v) is 7.96. The van der Waals surface area contributed by atoms with Crippen LogP contribution < -0.4 is 15.0 Å². The van der Waals surface area contributed by atoms with Gasteiger partial charge in [-0.05, 0) is 65.7 Å². The molecule has 1 amide bonds. The van der Waals surface area contributed by atoms with E-state index in [-0.39, 0.29) is 11.8 Å². The molecule has 0 saturated carbocycles. The van der Waals surface area contributed by atoms with E-state index in [9.17, 15) is 4.79 Å². The Bertz CT molecular complexity index is 1240. The van der Waals surface area contributed by atoms with Crippen LogP contribution >= 0.6 is 11.6 Å². The summed E-state index contributed by atoms with van der Waals surface area (Å²) < 4.78 is 7.35. The lowest BCUT2D eigenvalue weighted by molar-refractivity contribution is -0.120. The number of hydrogen-bond donors (Lipinski definition) is 1. The van der Waals surface area contributed by atoms with Gasteiger partial charge in [-0.3, -0.25) is 4.79 Å². The van der Waals surface area contributed by atoms with Crippen molar-refractivity contribution in [3.8, 4) is 11.5 Å². The van der Waals surface area contributed by atoms with Gasteiger partial charge in [0.1, 0.15) is 5.75 Å². The molecule has 162 valence electrons. The summed E-state index contributed by atoms with van der Waals surface area (Å²) in [4.78, 5) is 15.1. The van der Waals surface area contributed by atoms with Gasteiger partial charge in [-0.1, -0.05) is 29.8 Å². The number of para-hydroxylation sites is 1. The van der Waals surface area contributed by atoms with Gasteiger partial charge in [0.25, 0.3) is 0 Å². The highest BCUT2D eigenvalue weighted by atomic mass is 35.5. The third kappa shape index (κ3) is 4.33. The molecule has 4 aromatic rings. The van der Waals surface area contributed by atoms with Crippen LogP contribution in [0.4, 0.5) is 11.5 Å². The van der Waals surface area contributed by atoms with Crippen LogP contribution in [0.2, 0.25) is 5.02 Å². The Balaban J connectivity index is 1.24. The van der Waals surface area contributed by atoms with Gasteiger partial charge in [-0.25, -0.2) is 0 Å². The van der Waals surface area contributed by atoms with E-state index in [1.807, 2.05) is 42.5 Å². The van der Waals surface area contributed by atoms with Crippen molar-refractivity contribution in [1.82, 2.24) is 25.3 Å². The number of halogens is 1. The number of nitrogens with zero attached hydrogens (tertiary/aromatic N) is 6. The predicted octanol–water partition coefficient (Wildman–Crippen LogP) is 3.82. The number of ether oxygens (including phenoxy) is 1. The first-order valence-corrected chi connectivity index (χ1v) is 10.7. The Morgan fingerprint density at radius 3 is 2.69 bits per heavy atom. The number of tetrazole rings is 1. The molecule has 2 aromatic carbocycles. The minimum atomic E-state index is -0.119. The van der Waals surface area contributed by atoms with E-state index >= 15 is 0 Å². The zero-order valence-corrected chi connectivity index (χ0v) is 17.8. The minimum Gasteiger partial charge on any atom is -0.455 e. The van der Waals surface area contributed by atoms with Gasteiger partial charge in [-0.2, -0.15) is 0 Å². The monoisotopic (exact) mass is 449 g/mol. The summed E-state index contributed by atoms with van der Waals surface area (Å²) in [5.41, 5.74) is 1.15. The first-order valence-electron chi connectivity index (χ1n) is 10.3. The van der Waals surface area contributed by atoms with Crippen molar-refractivity contribution in [3.05, 3.63) is 65.7 Å². The molecule has 32 heavy (non-hydrogen) atoms. The van der Waals surface area contributed by atoms with E-state index < -0.39 is 0 Å². The Morgan fingerprint density at radius 2 is 1.88 bits per heavy atom. The van der Waals surface area contributed by atoms with Crippen molar-refractivity contribution in [3.63, 3.8) is 0 Å². The zero-order chi connectivity index (χ0) is 21.9. The second kappa shape index (κ2) is 8.80. The number of nitrogens with one attached hydrogen (secondary N) is 1. The molecule has 2 aromatic heterocycles. The zero-order valence-electron chi connectivity index (χ0n) is 17.1. The van der Waals surface area contributed by atoms with Crippen molar-refractivity contribution >= 4 is 34.7 Å². The average Bonchev–Trinajstić information content (AvgIpc) is 3.30. The lowest BCUT2D eigenvalue weighted by atomic mass is 9.95. The smallest absolute Gasteiger partial charge is 0.227 e. The summed E-state index contributed by atoms with van der Waals surface area (Å²) in [5, 5.41) is 19.3. The standard InChI is InChI=1S/C22H20ClN7O2/c23-16-6-7-19(32-17-4-2-1-3-5-17)18(14-16)24-22(31)15-10-12-29(13-11-15)21-9-8-20-25-27-28-30(20)26-21/h1-9,14-15H,10-13H2,(H,24,31). The highest BCUT2D eigenvalue weighted by Gasteiger charge is 2.26. The Hall–Kier alpha value is -3.72. The molecular formula is C22H20ClN7O2. The number of amides is 1. The summed E-state index contributed by atoms with van der Waals surface area (Å²) >= 11 is 6.17. The van der Waals surface area contributed by atoms with Gasteiger partial charge in [0.2, 0.25) is 5.91 Å². The van der Waals surface area contributed by atoms with Crippen molar-refractivity contribution < 1.29 is 9.53 Å². The van der Waals surface area contributed by atoms with Crippen LogP contribution in [-0.2, 0) is 4.79 Å². The van der Waals surface area contributed by atoms with Gasteiger partial charge >= 0.3 is 0 Å². The number of piperidine rings is 1. The van der Waals surface area contributed by atoms with E-state index in [0.29, 0.717) is 53.8 Å². The fraction of sp³-hybridized carbons (Fsp3) is 0.227. The molecule has 5 rings (SSSR count). The summed E-state index contributed by atoms with van der Waals surface area (Å²) in [6.45, 7) is 1.42. The van der Waals surface area contributed by atoms with Gasteiger partial charge in [-0.15, -0.1) is 14.8 Å². The van der Waals surface area contributed by atoms with Crippen molar-refractivity contribution in [2.24, 2.45) is 5.92 Å². The van der Waals surface area contributed by atoms with Crippen molar-refractivity contribution in [1.29, 1.82) is 0 Å². The molecule has 0 bridgehead atoms. The van der Waals surface area contributed by atoms with Gasteiger partial charge in [0, 0.05) is 24.0 Å². The molecular weight excluding hydrogens is 430 g/mol. The van der Waals surface area contributed by atoms with Crippen LogP contribution in [0.25, 0.3) is 5.65 Å². The molecule has 0 spiro atoms. The van der Waals surface area contributed by atoms with E-state index in [4.69, 9.17) is 16.3 Å². The number of carbonyl (C=O) groups is 1. The van der Waals surface area contributed by atoms with E-state index in [0.717, 1.165) is 5.82 Å².